The number of morpholine rings is 1. The number of anilines is 3. The van der Waals surface area contributed by atoms with Crippen molar-refractivity contribution in [3.8, 4) is 0 Å². The lowest BCUT2D eigenvalue weighted by atomic mass is 10.0. The van der Waals surface area contributed by atoms with Crippen molar-refractivity contribution in [2.24, 2.45) is 0 Å². The fourth-order valence-electron chi connectivity index (χ4n) is 4.55. The molecule has 8 nitrogen and oxygen atoms in total. The Kier molecular flexibility index (Phi) is 9.59. The number of sulfonamides is 1. The van der Waals surface area contributed by atoms with Crippen molar-refractivity contribution in [3.05, 3.63) is 70.6 Å². The van der Waals surface area contributed by atoms with Crippen molar-refractivity contribution in [1.82, 2.24) is 14.7 Å². The van der Waals surface area contributed by atoms with Crippen LogP contribution in [0.5, 0.6) is 0 Å². The van der Waals surface area contributed by atoms with Crippen molar-refractivity contribution < 1.29 is 13.2 Å². The molecule has 10 heteroatoms. The van der Waals surface area contributed by atoms with Crippen LogP contribution in [0.4, 0.5) is 17.2 Å². The Morgan fingerprint density at radius 1 is 1.05 bits per heavy atom. The summed E-state index contributed by atoms with van der Waals surface area (Å²) in [5, 5.41) is 3.45. The highest BCUT2D eigenvalue weighted by molar-refractivity contribution is 7.89. The van der Waals surface area contributed by atoms with Gasteiger partial charge in [-0.05, 0) is 54.7 Å². The van der Waals surface area contributed by atoms with E-state index in [1.807, 2.05) is 13.8 Å². The fourth-order valence-corrected chi connectivity index (χ4v) is 6.25. The first kappa shape index (κ1) is 28.3. The Balaban J connectivity index is 1.57. The molecular weight excluding hydrogens is 522 g/mol. The SMILES string of the molecule is CCc1cc(N2CCOCC2)ccc1Cc1ncc(Cl)c(Nc2ccccc2S(=O)(=O)NC(CC)CC)n1. The molecule has 4 rings (SSSR count). The van der Waals surface area contributed by atoms with Gasteiger partial charge < -0.3 is 15.0 Å². The van der Waals surface area contributed by atoms with Crippen LogP contribution in [0.1, 0.15) is 50.6 Å². The van der Waals surface area contributed by atoms with Crippen molar-refractivity contribution in [1.29, 1.82) is 0 Å². The molecule has 0 amide bonds. The minimum atomic E-state index is -3.74. The van der Waals surface area contributed by atoms with Crippen LogP contribution in [0.2, 0.25) is 5.02 Å². The number of ether oxygens (including phenoxy) is 1. The zero-order chi connectivity index (χ0) is 27.1. The number of hydrogen-bond acceptors (Lipinski definition) is 7. The van der Waals surface area contributed by atoms with E-state index in [1.54, 1.807) is 30.5 Å². The highest BCUT2D eigenvalue weighted by atomic mass is 35.5. The van der Waals surface area contributed by atoms with Gasteiger partial charge in [0.2, 0.25) is 10.0 Å². The molecule has 38 heavy (non-hydrogen) atoms. The molecule has 0 aliphatic carbocycles. The molecule has 0 saturated carbocycles. The molecule has 1 aromatic heterocycles. The summed E-state index contributed by atoms with van der Waals surface area (Å²) >= 11 is 6.44. The summed E-state index contributed by atoms with van der Waals surface area (Å²) < 4.78 is 34.6. The summed E-state index contributed by atoms with van der Waals surface area (Å²) in [6.45, 7) is 9.34. The summed E-state index contributed by atoms with van der Waals surface area (Å²) in [5.74, 6) is 0.964. The Bertz CT molecular complexity index is 1340. The molecule has 1 saturated heterocycles. The van der Waals surface area contributed by atoms with Crippen LogP contribution in [0.15, 0.2) is 53.6 Å². The van der Waals surface area contributed by atoms with Crippen LogP contribution < -0.4 is 14.9 Å². The van der Waals surface area contributed by atoms with Gasteiger partial charge in [0.1, 0.15) is 15.7 Å². The van der Waals surface area contributed by atoms with E-state index in [0.717, 1.165) is 38.3 Å². The van der Waals surface area contributed by atoms with E-state index < -0.39 is 10.0 Å². The molecule has 2 N–H and O–H groups in total. The number of nitrogens with one attached hydrogen (secondary N) is 2. The lowest BCUT2D eigenvalue weighted by molar-refractivity contribution is 0.122. The smallest absolute Gasteiger partial charge is 0.242 e. The molecule has 2 aromatic carbocycles. The van der Waals surface area contributed by atoms with Gasteiger partial charge in [0.15, 0.2) is 5.82 Å². The van der Waals surface area contributed by atoms with Gasteiger partial charge in [-0.3, -0.25) is 0 Å². The summed E-state index contributed by atoms with van der Waals surface area (Å²) in [4.78, 5) is 11.6. The highest BCUT2D eigenvalue weighted by Gasteiger charge is 2.22. The van der Waals surface area contributed by atoms with Crippen LogP contribution in [0, 0.1) is 0 Å². The average Bonchev–Trinajstić information content (AvgIpc) is 2.94. The van der Waals surface area contributed by atoms with E-state index in [4.69, 9.17) is 16.3 Å². The first-order valence-corrected chi connectivity index (χ1v) is 15.0. The lowest BCUT2D eigenvalue weighted by Crippen LogP contribution is -2.36. The zero-order valence-electron chi connectivity index (χ0n) is 22.2. The van der Waals surface area contributed by atoms with E-state index in [-0.39, 0.29) is 10.9 Å². The maximum absolute atomic E-state index is 13.1. The number of aromatic nitrogens is 2. The Morgan fingerprint density at radius 2 is 1.79 bits per heavy atom. The maximum Gasteiger partial charge on any atom is 0.242 e. The van der Waals surface area contributed by atoms with E-state index in [9.17, 15) is 8.42 Å². The van der Waals surface area contributed by atoms with Gasteiger partial charge in [-0.15, -0.1) is 0 Å². The molecule has 0 radical (unpaired) electrons. The van der Waals surface area contributed by atoms with Crippen molar-refractivity contribution in [2.45, 2.75) is 57.4 Å². The molecule has 0 unspecified atom stereocenters. The largest absolute Gasteiger partial charge is 0.378 e. The Morgan fingerprint density at radius 3 is 2.50 bits per heavy atom. The summed E-state index contributed by atoms with van der Waals surface area (Å²) in [6, 6.07) is 13.1. The van der Waals surface area contributed by atoms with Crippen molar-refractivity contribution >= 4 is 38.8 Å². The number of rotatable bonds is 11. The van der Waals surface area contributed by atoms with Gasteiger partial charge in [0, 0.05) is 31.2 Å². The number of hydrogen-bond donors (Lipinski definition) is 2. The summed E-state index contributed by atoms with van der Waals surface area (Å²) in [5.41, 5.74) is 4.00. The Hall–Kier alpha value is -2.72. The fraction of sp³-hybridized carbons (Fsp3) is 0.429. The van der Waals surface area contributed by atoms with E-state index >= 15 is 0 Å². The maximum atomic E-state index is 13.1. The third-order valence-corrected chi connectivity index (χ3v) is 8.68. The number of nitrogens with zero attached hydrogens (tertiary/aromatic N) is 3. The number of halogens is 1. The van der Waals surface area contributed by atoms with Crippen LogP contribution in [0.25, 0.3) is 0 Å². The predicted molar refractivity (Wildman–Crippen MR) is 153 cm³/mol. The minimum Gasteiger partial charge on any atom is -0.378 e. The van der Waals surface area contributed by atoms with E-state index in [0.29, 0.717) is 41.6 Å². The highest BCUT2D eigenvalue weighted by Crippen LogP contribution is 2.29. The van der Waals surface area contributed by atoms with Crippen LogP contribution in [0.3, 0.4) is 0 Å². The van der Waals surface area contributed by atoms with Gasteiger partial charge >= 0.3 is 0 Å². The molecular formula is C28H36ClN5O3S. The summed E-state index contributed by atoms with van der Waals surface area (Å²) in [6.07, 6.45) is 4.40. The zero-order valence-corrected chi connectivity index (χ0v) is 23.8. The van der Waals surface area contributed by atoms with Crippen LogP contribution in [-0.4, -0.2) is 50.7 Å². The molecule has 204 valence electrons. The predicted octanol–water partition coefficient (Wildman–Crippen LogP) is 5.33. The standard InChI is InChI=1S/C28H36ClN5O3S/c1-4-20-17-23(34-13-15-37-16-14-34)12-11-21(20)18-27-30-19-24(29)28(32-27)31-25-9-7-8-10-26(25)38(35,36)33-22(5-2)6-3/h7-12,17,19,22,33H,4-6,13-16,18H2,1-3H3,(H,30,31,32). The monoisotopic (exact) mass is 557 g/mol. The molecule has 3 aromatic rings. The molecule has 0 bridgehead atoms. The molecule has 2 heterocycles. The van der Waals surface area contributed by atoms with E-state index in [2.05, 4.69) is 50.0 Å². The lowest BCUT2D eigenvalue weighted by Gasteiger charge is -2.29. The first-order valence-electron chi connectivity index (χ1n) is 13.2. The molecule has 0 spiro atoms. The van der Waals surface area contributed by atoms with Gasteiger partial charge in [-0.1, -0.05) is 50.6 Å². The quantitative estimate of drug-likeness (QED) is 0.329. The second-order valence-corrected chi connectivity index (χ2v) is 11.4. The topological polar surface area (TPSA) is 96.5 Å². The number of benzene rings is 2. The first-order chi connectivity index (χ1) is 18.3. The number of para-hydroxylation sites is 1. The third-order valence-electron chi connectivity index (χ3n) is 6.83. The molecule has 1 aliphatic heterocycles. The normalized spacial score (nSPS) is 14.2. The molecule has 0 atom stereocenters. The van der Waals surface area contributed by atoms with E-state index in [1.165, 1.54) is 11.3 Å². The number of aryl methyl sites for hydroxylation is 1. The van der Waals surface area contributed by atoms with Gasteiger partial charge in [-0.2, -0.15) is 0 Å². The molecule has 1 aliphatic rings. The second-order valence-electron chi connectivity index (χ2n) is 9.32. The van der Waals surface area contributed by atoms with Gasteiger partial charge in [0.25, 0.3) is 0 Å². The molecule has 1 fully saturated rings. The van der Waals surface area contributed by atoms with Crippen molar-refractivity contribution in [2.75, 3.05) is 36.5 Å². The van der Waals surface area contributed by atoms with Crippen LogP contribution >= 0.6 is 11.6 Å². The third kappa shape index (κ3) is 6.83. The average molecular weight is 558 g/mol. The second kappa shape index (κ2) is 12.9. The minimum absolute atomic E-state index is 0.135. The van der Waals surface area contributed by atoms with Gasteiger partial charge in [0.05, 0.1) is 25.1 Å². The summed E-state index contributed by atoms with van der Waals surface area (Å²) in [7, 11) is -3.74. The van der Waals surface area contributed by atoms with Crippen molar-refractivity contribution in [3.63, 3.8) is 0 Å². The van der Waals surface area contributed by atoms with Crippen LogP contribution in [-0.2, 0) is 27.6 Å². The Labute approximate surface area is 230 Å². The van der Waals surface area contributed by atoms with Gasteiger partial charge in [-0.25, -0.2) is 23.1 Å².